The number of H-pyrrole nitrogens is 1. The molecule has 0 bridgehead atoms. The second-order valence-corrected chi connectivity index (χ2v) is 3.74. The molecule has 0 aromatic carbocycles. The zero-order chi connectivity index (χ0) is 9.68. The van der Waals surface area contributed by atoms with Crippen molar-refractivity contribution in [3.05, 3.63) is 12.4 Å². The average molecular weight is 200 g/mol. The molecule has 13 heavy (non-hydrogen) atoms. The number of nitrogens with one attached hydrogen (secondary N) is 1. The van der Waals surface area contributed by atoms with E-state index in [-0.39, 0.29) is 11.2 Å². The molecule has 1 aromatic rings. The number of esters is 1. The third-order valence-corrected chi connectivity index (χ3v) is 2.37. The molecule has 0 aliphatic rings. The van der Waals surface area contributed by atoms with Crippen LogP contribution in [0.3, 0.4) is 0 Å². The first-order chi connectivity index (χ1) is 6.24. The van der Waals surface area contributed by atoms with Gasteiger partial charge in [-0.1, -0.05) is 11.8 Å². The highest BCUT2D eigenvalue weighted by Gasteiger charge is 2.15. The molecule has 1 aromatic heterocycles. The summed E-state index contributed by atoms with van der Waals surface area (Å²) in [5.41, 5.74) is 0. The Hall–Kier alpha value is -0.970. The van der Waals surface area contributed by atoms with E-state index in [4.69, 9.17) is 4.74 Å². The third-order valence-electron chi connectivity index (χ3n) is 1.38. The van der Waals surface area contributed by atoms with Crippen LogP contribution in [0, 0.1) is 0 Å². The summed E-state index contributed by atoms with van der Waals surface area (Å²) in [5, 5.41) is 0.520. The molecular formula is C8H12N2O2S. The molecule has 0 spiro atoms. The Morgan fingerprint density at radius 1 is 1.85 bits per heavy atom. The number of nitrogens with zero attached hydrogens (tertiary/aromatic N) is 1. The molecule has 1 N–H and O–H groups in total. The quantitative estimate of drug-likeness (QED) is 0.590. The third kappa shape index (κ3) is 3.10. The molecule has 0 aliphatic carbocycles. The Kier molecular flexibility index (Phi) is 3.82. The van der Waals surface area contributed by atoms with Crippen molar-refractivity contribution in [2.75, 3.05) is 6.61 Å². The molecule has 0 saturated heterocycles. The number of aromatic amines is 1. The Balaban J connectivity index is 2.41. The number of hydrogen-bond acceptors (Lipinski definition) is 4. The smallest absolute Gasteiger partial charge is 0.319 e. The van der Waals surface area contributed by atoms with Gasteiger partial charge in [0.2, 0.25) is 0 Å². The molecule has 1 rings (SSSR count). The van der Waals surface area contributed by atoms with Gasteiger partial charge in [-0.05, 0) is 13.8 Å². The number of imidazole rings is 1. The molecular weight excluding hydrogens is 188 g/mol. The van der Waals surface area contributed by atoms with Crippen molar-refractivity contribution in [3.63, 3.8) is 0 Å². The highest BCUT2D eigenvalue weighted by atomic mass is 32.2. The largest absolute Gasteiger partial charge is 0.465 e. The van der Waals surface area contributed by atoms with Crippen LogP contribution in [0.1, 0.15) is 13.8 Å². The maximum Gasteiger partial charge on any atom is 0.319 e. The van der Waals surface area contributed by atoms with Crippen molar-refractivity contribution >= 4 is 17.7 Å². The lowest BCUT2D eigenvalue weighted by Crippen LogP contribution is -2.16. The molecule has 4 nitrogen and oxygen atoms in total. The maximum absolute atomic E-state index is 11.2. The SMILES string of the molecule is CCOC(=O)C(C)Sc1ncc[nH]1. The van der Waals surface area contributed by atoms with E-state index in [1.54, 1.807) is 26.2 Å². The molecule has 0 amide bonds. The van der Waals surface area contributed by atoms with Gasteiger partial charge in [0.25, 0.3) is 0 Å². The number of thioether (sulfide) groups is 1. The standard InChI is InChI=1S/C8H12N2O2S/c1-3-12-7(11)6(2)13-8-9-4-5-10-8/h4-6H,3H2,1-2H3,(H,9,10). The Labute approximate surface area is 81.1 Å². The fraction of sp³-hybridized carbons (Fsp3) is 0.500. The van der Waals surface area contributed by atoms with E-state index < -0.39 is 0 Å². The number of ether oxygens (including phenoxy) is 1. The van der Waals surface area contributed by atoms with E-state index in [0.717, 1.165) is 5.16 Å². The molecule has 1 unspecified atom stereocenters. The number of carbonyl (C=O) groups excluding carboxylic acids is 1. The van der Waals surface area contributed by atoms with Crippen LogP contribution in [-0.4, -0.2) is 27.8 Å². The van der Waals surface area contributed by atoms with Crippen LogP contribution in [0.4, 0.5) is 0 Å². The lowest BCUT2D eigenvalue weighted by molar-refractivity contribution is -0.142. The van der Waals surface area contributed by atoms with Crippen LogP contribution in [0.5, 0.6) is 0 Å². The van der Waals surface area contributed by atoms with E-state index >= 15 is 0 Å². The van der Waals surface area contributed by atoms with E-state index in [1.807, 2.05) is 0 Å². The molecule has 5 heteroatoms. The minimum Gasteiger partial charge on any atom is -0.465 e. The molecule has 0 fully saturated rings. The van der Waals surface area contributed by atoms with Gasteiger partial charge >= 0.3 is 5.97 Å². The summed E-state index contributed by atoms with van der Waals surface area (Å²) in [7, 11) is 0. The lowest BCUT2D eigenvalue weighted by Gasteiger charge is -2.07. The Morgan fingerprint density at radius 2 is 2.62 bits per heavy atom. The van der Waals surface area contributed by atoms with Gasteiger partial charge in [0, 0.05) is 12.4 Å². The van der Waals surface area contributed by atoms with Gasteiger partial charge in [-0.2, -0.15) is 0 Å². The second kappa shape index (κ2) is 4.91. The number of rotatable bonds is 4. The van der Waals surface area contributed by atoms with Crippen molar-refractivity contribution in [2.24, 2.45) is 0 Å². The minimum atomic E-state index is -0.217. The van der Waals surface area contributed by atoms with Gasteiger partial charge in [0.05, 0.1) is 6.61 Å². The van der Waals surface area contributed by atoms with E-state index in [0.29, 0.717) is 6.61 Å². The van der Waals surface area contributed by atoms with Gasteiger partial charge in [0.1, 0.15) is 5.25 Å². The Morgan fingerprint density at radius 3 is 3.15 bits per heavy atom. The molecule has 1 atom stereocenters. The number of hydrogen-bond donors (Lipinski definition) is 1. The number of carbonyl (C=O) groups is 1. The van der Waals surface area contributed by atoms with Crippen LogP contribution >= 0.6 is 11.8 Å². The summed E-state index contributed by atoms with van der Waals surface area (Å²) in [4.78, 5) is 18.1. The van der Waals surface area contributed by atoms with E-state index in [1.165, 1.54) is 11.8 Å². The van der Waals surface area contributed by atoms with E-state index in [9.17, 15) is 4.79 Å². The first-order valence-corrected chi connectivity index (χ1v) is 4.94. The predicted molar refractivity (Wildman–Crippen MR) is 50.5 cm³/mol. The average Bonchev–Trinajstić information content (AvgIpc) is 2.57. The zero-order valence-electron chi connectivity index (χ0n) is 7.61. The summed E-state index contributed by atoms with van der Waals surface area (Å²) in [5.74, 6) is -0.205. The fourth-order valence-corrected chi connectivity index (χ4v) is 1.55. The van der Waals surface area contributed by atoms with Crippen molar-refractivity contribution in [1.82, 2.24) is 9.97 Å². The first-order valence-electron chi connectivity index (χ1n) is 4.06. The van der Waals surface area contributed by atoms with Gasteiger partial charge in [0.15, 0.2) is 5.16 Å². The van der Waals surface area contributed by atoms with Crippen LogP contribution < -0.4 is 0 Å². The van der Waals surface area contributed by atoms with Gasteiger partial charge in [-0.3, -0.25) is 4.79 Å². The molecule has 0 aliphatic heterocycles. The van der Waals surface area contributed by atoms with Crippen LogP contribution in [-0.2, 0) is 9.53 Å². The highest BCUT2D eigenvalue weighted by molar-refractivity contribution is 8.00. The van der Waals surface area contributed by atoms with Crippen molar-refractivity contribution in [3.8, 4) is 0 Å². The van der Waals surface area contributed by atoms with Crippen LogP contribution in [0.2, 0.25) is 0 Å². The normalized spacial score (nSPS) is 12.5. The van der Waals surface area contributed by atoms with Crippen LogP contribution in [0.25, 0.3) is 0 Å². The van der Waals surface area contributed by atoms with Crippen LogP contribution in [0.15, 0.2) is 17.6 Å². The first kappa shape index (κ1) is 10.1. The monoisotopic (exact) mass is 200 g/mol. The summed E-state index contributed by atoms with van der Waals surface area (Å²) < 4.78 is 4.85. The van der Waals surface area contributed by atoms with Gasteiger partial charge < -0.3 is 9.72 Å². The molecule has 72 valence electrons. The topological polar surface area (TPSA) is 55.0 Å². The minimum absolute atomic E-state index is 0.205. The lowest BCUT2D eigenvalue weighted by atomic mass is 10.5. The maximum atomic E-state index is 11.2. The summed E-state index contributed by atoms with van der Waals surface area (Å²) in [6.45, 7) is 4.01. The van der Waals surface area contributed by atoms with Crippen molar-refractivity contribution in [2.45, 2.75) is 24.3 Å². The van der Waals surface area contributed by atoms with Crippen molar-refractivity contribution < 1.29 is 9.53 Å². The van der Waals surface area contributed by atoms with Gasteiger partial charge in [-0.25, -0.2) is 4.98 Å². The molecule has 0 saturated carbocycles. The summed E-state index contributed by atoms with van der Waals surface area (Å²) >= 11 is 1.36. The van der Waals surface area contributed by atoms with Crippen molar-refractivity contribution in [1.29, 1.82) is 0 Å². The number of aromatic nitrogens is 2. The highest BCUT2D eigenvalue weighted by Crippen LogP contribution is 2.19. The predicted octanol–water partition coefficient (Wildman–Crippen LogP) is 1.45. The summed E-state index contributed by atoms with van der Waals surface area (Å²) in [6, 6.07) is 0. The summed E-state index contributed by atoms with van der Waals surface area (Å²) in [6.07, 6.45) is 3.38. The van der Waals surface area contributed by atoms with E-state index in [2.05, 4.69) is 9.97 Å². The molecule has 0 radical (unpaired) electrons. The second-order valence-electron chi connectivity index (χ2n) is 2.41. The fourth-order valence-electron chi connectivity index (χ4n) is 0.790. The molecule has 1 heterocycles. The zero-order valence-corrected chi connectivity index (χ0v) is 8.43. The Bertz CT molecular complexity index is 261. The van der Waals surface area contributed by atoms with Gasteiger partial charge in [-0.15, -0.1) is 0 Å².